The van der Waals surface area contributed by atoms with E-state index in [2.05, 4.69) is 42.2 Å². The fourth-order valence-corrected chi connectivity index (χ4v) is 3.69. The number of hydrogen-bond acceptors (Lipinski definition) is 4. The van der Waals surface area contributed by atoms with Crippen molar-refractivity contribution in [3.8, 4) is 0 Å². The fourth-order valence-electron chi connectivity index (χ4n) is 3.37. The van der Waals surface area contributed by atoms with Crippen LogP contribution in [0.25, 0.3) is 11.0 Å². The first-order chi connectivity index (χ1) is 12.1. The number of amides is 1. The summed E-state index contributed by atoms with van der Waals surface area (Å²) in [6.07, 6.45) is 4.52. The number of pyridine rings is 2. The van der Waals surface area contributed by atoms with Crippen molar-refractivity contribution >= 4 is 44.2 Å². The Morgan fingerprint density at radius 1 is 1.28 bits per heavy atom. The van der Waals surface area contributed by atoms with Crippen molar-refractivity contribution in [2.45, 2.75) is 19.9 Å². The normalized spacial score (nSPS) is 13.6. The van der Waals surface area contributed by atoms with Crippen LogP contribution >= 0.6 is 15.9 Å². The molecule has 1 amide bonds. The maximum absolute atomic E-state index is 11.4. The molecule has 4 rings (SSSR count). The van der Waals surface area contributed by atoms with Gasteiger partial charge in [0.05, 0.1) is 11.2 Å². The molecule has 6 heteroatoms. The van der Waals surface area contributed by atoms with E-state index in [4.69, 9.17) is 0 Å². The van der Waals surface area contributed by atoms with E-state index in [1.165, 1.54) is 11.1 Å². The maximum atomic E-state index is 11.4. The summed E-state index contributed by atoms with van der Waals surface area (Å²) in [6, 6.07) is 10.1. The number of carbonyl (C=O) groups excluding carboxylic acids is 1. The van der Waals surface area contributed by atoms with E-state index in [9.17, 15) is 4.79 Å². The van der Waals surface area contributed by atoms with Crippen molar-refractivity contribution < 1.29 is 4.79 Å². The van der Waals surface area contributed by atoms with Crippen molar-refractivity contribution in [3.63, 3.8) is 0 Å². The van der Waals surface area contributed by atoms with Gasteiger partial charge in [0.25, 0.3) is 0 Å². The van der Waals surface area contributed by atoms with Gasteiger partial charge in [0.1, 0.15) is 5.52 Å². The molecular formula is C19H17BrN4O. The van der Waals surface area contributed by atoms with Crippen LogP contribution < -0.4 is 10.2 Å². The third-order valence-corrected chi connectivity index (χ3v) is 4.87. The molecule has 0 spiro atoms. The molecule has 1 aromatic carbocycles. The number of fused-ring (bicyclic) bond motifs is 2. The molecule has 1 N–H and O–H groups in total. The van der Waals surface area contributed by atoms with Crippen molar-refractivity contribution in [2.75, 3.05) is 16.8 Å². The lowest BCUT2D eigenvalue weighted by Crippen LogP contribution is -2.31. The van der Waals surface area contributed by atoms with E-state index in [-0.39, 0.29) is 5.91 Å². The number of hydrogen-bond donors (Lipinski definition) is 1. The minimum atomic E-state index is -0.0364. The van der Waals surface area contributed by atoms with Gasteiger partial charge in [-0.25, -0.2) is 0 Å². The van der Waals surface area contributed by atoms with E-state index in [1.54, 1.807) is 13.1 Å². The van der Waals surface area contributed by atoms with Gasteiger partial charge in [-0.15, -0.1) is 0 Å². The van der Waals surface area contributed by atoms with Crippen LogP contribution in [0.2, 0.25) is 0 Å². The molecule has 0 saturated heterocycles. The van der Waals surface area contributed by atoms with Crippen LogP contribution in [-0.4, -0.2) is 22.4 Å². The van der Waals surface area contributed by atoms with E-state index >= 15 is 0 Å². The summed E-state index contributed by atoms with van der Waals surface area (Å²) in [5.41, 5.74) is 6.26. The Balaban J connectivity index is 1.71. The van der Waals surface area contributed by atoms with Gasteiger partial charge in [0.2, 0.25) is 5.91 Å². The van der Waals surface area contributed by atoms with Crippen molar-refractivity contribution in [3.05, 3.63) is 58.3 Å². The molecular weight excluding hydrogens is 380 g/mol. The van der Waals surface area contributed by atoms with Crippen LogP contribution in [0.1, 0.15) is 18.1 Å². The van der Waals surface area contributed by atoms with Gasteiger partial charge in [0.15, 0.2) is 0 Å². The molecule has 5 nitrogen and oxygen atoms in total. The summed E-state index contributed by atoms with van der Waals surface area (Å²) in [5, 5.41) is 2.94. The van der Waals surface area contributed by atoms with Gasteiger partial charge >= 0.3 is 0 Å². The zero-order valence-electron chi connectivity index (χ0n) is 13.8. The highest BCUT2D eigenvalue weighted by Crippen LogP contribution is 2.32. The molecule has 0 atom stereocenters. The number of benzene rings is 1. The smallest absolute Gasteiger partial charge is 0.221 e. The van der Waals surface area contributed by atoms with Crippen LogP contribution in [0.4, 0.5) is 11.4 Å². The molecule has 0 fully saturated rings. The van der Waals surface area contributed by atoms with Gasteiger partial charge in [-0.2, -0.15) is 0 Å². The summed E-state index contributed by atoms with van der Waals surface area (Å²) < 4.78 is 0.925. The SMILES string of the molecule is CC(=O)Nc1cccc2c1CCN(c1ccnc3cc(Br)cnc13)C2. The van der Waals surface area contributed by atoms with Gasteiger partial charge in [-0.05, 0) is 51.7 Å². The highest BCUT2D eigenvalue weighted by atomic mass is 79.9. The average molecular weight is 397 g/mol. The molecule has 0 radical (unpaired) electrons. The van der Waals surface area contributed by atoms with Gasteiger partial charge in [-0.1, -0.05) is 12.1 Å². The first kappa shape index (κ1) is 16.0. The molecule has 2 aromatic heterocycles. The molecule has 1 aliphatic rings. The Hall–Kier alpha value is -2.47. The first-order valence-electron chi connectivity index (χ1n) is 8.15. The first-order valence-corrected chi connectivity index (χ1v) is 8.94. The molecule has 3 heterocycles. The van der Waals surface area contributed by atoms with Gasteiger partial charge in [-0.3, -0.25) is 14.8 Å². The number of carbonyl (C=O) groups is 1. The number of nitrogens with one attached hydrogen (secondary N) is 1. The number of halogens is 1. The molecule has 0 bridgehead atoms. The minimum Gasteiger partial charge on any atom is -0.365 e. The zero-order chi connectivity index (χ0) is 17.4. The van der Waals surface area contributed by atoms with Gasteiger partial charge in [0, 0.05) is 42.6 Å². The molecule has 1 aliphatic heterocycles. The average Bonchev–Trinajstić information content (AvgIpc) is 2.60. The van der Waals surface area contributed by atoms with E-state index in [0.29, 0.717) is 0 Å². The Kier molecular flexibility index (Phi) is 4.13. The second kappa shape index (κ2) is 6.44. The largest absolute Gasteiger partial charge is 0.365 e. The Morgan fingerprint density at radius 3 is 3.00 bits per heavy atom. The minimum absolute atomic E-state index is 0.0364. The number of aromatic nitrogens is 2. The highest BCUT2D eigenvalue weighted by Gasteiger charge is 2.21. The predicted molar refractivity (Wildman–Crippen MR) is 103 cm³/mol. The quantitative estimate of drug-likeness (QED) is 0.713. The number of anilines is 2. The number of nitrogens with zero attached hydrogens (tertiary/aromatic N) is 3. The molecule has 126 valence electrons. The van der Waals surface area contributed by atoms with Crippen LogP contribution in [0.5, 0.6) is 0 Å². The maximum Gasteiger partial charge on any atom is 0.221 e. The zero-order valence-corrected chi connectivity index (χ0v) is 15.4. The van der Waals surface area contributed by atoms with Gasteiger partial charge < -0.3 is 10.2 Å². The second-order valence-corrected chi connectivity index (χ2v) is 7.06. The van der Waals surface area contributed by atoms with E-state index < -0.39 is 0 Å². The number of rotatable bonds is 2. The Morgan fingerprint density at radius 2 is 2.16 bits per heavy atom. The van der Waals surface area contributed by atoms with Crippen LogP contribution in [0.3, 0.4) is 0 Å². The van der Waals surface area contributed by atoms with E-state index in [0.717, 1.165) is 46.4 Å². The Bertz CT molecular complexity index is 973. The lowest BCUT2D eigenvalue weighted by atomic mass is 9.97. The molecule has 25 heavy (non-hydrogen) atoms. The molecule has 0 aliphatic carbocycles. The van der Waals surface area contributed by atoms with Crippen molar-refractivity contribution in [1.29, 1.82) is 0 Å². The third kappa shape index (κ3) is 3.09. The Labute approximate surface area is 154 Å². The third-order valence-electron chi connectivity index (χ3n) is 4.44. The van der Waals surface area contributed by atoms with Crippen LogP contribution in [0, 0.1) is 0 Å². The highest BCUT2D eigenvalue weighted by molar-refractivity contribution is 9.10. The predicted octanol–water partition coefficient (Wildman–Crippen LogP) is 3.91. The standard InChI is InChI=1S/C19H17BrN4O/c1-12(25)23-16-4-2-3-13-11-24(8-6-15(13)16)18-5-7-21-17-9-14(20)10-22-19(17)18/h2-5,7,9-10H,6,8,11H2,1H3,(H,23,25). The van der Waals surface area contributed by atoms with Crippen molar-refractivity contribution in [1.82, 2.24) is 9.97 Å². The van der Waals surface area contributed by atoms with Crippen LogP contribution in [-0.2, 0) is 17.8 Å². The molecule has 0 unspecified atom stereocenters. The van der Waals surface area contributed by atoms with E-state index in [1.807, 2.05) is 30.5 Å². The lowest BCUT2D eigenvalue weighted by molar-refractivity contribution is -0.114. The summed E-state index contributed by atoms with van der Waals surface area (Å²) >= 11 is 3.45. The molecule has 3 aromatic rings. The van der Waals surface area contributed by atoms with Crippen molar-refractivity contribution in [2.24, 2.45) is 0 Å². The monoisotopic (exact) mass is 396 g/mol. The second-order valence-electron chi connectivity index (χ2n) is 6.15. The topological polar surface area (TPSA) is 58.1 Å². The lowest BCUT2D eigenvalue weighted by Gasteiger charge is -2.32. The van der Waals surface area contributed by atoms with Crippen LogP contribution in [0.15, 0.2) is 47.2 Å². The summed E-state index contributed by atoms with van der Waals surface area (Å²) in [4.78, 5) is 22.7. The molecule has 0 saturated carbocycles. The summed E-state index contributed by atoms with van der Waals surface area (Å²) in [5.74, 6) is -0.0364. The fraction of sp³-hybridized carbons (Fsp3) is 0.211. The summed E-state index contributed by atoms with van der Waals surface area (Å²) in [7, 11) is 0. The summed E-state index contributed by atoms with van der Waals surface area (Å²) in [6.45, 7) is 3.21.